The SMILES string of the molecule is COCc1ccccc1C(=O)N[C@@H](C)c1ccc(C)o1. The molecule has 0 aliphatic heterocycles. The molecule has 1 heterocycles. The highest BCUT2D eigenvalue weighted by Gasteiger charge is 2.16. The van der Waals surface area contributed by atoms with Crippen molar-refractivity contribution in [2.45, 2.75) is 26.5 Å². The van der Waals surface area contributed by atoms with E-state index in [9.17, 15) is 4.79 Å². The molecule has 2 aromatic rings. The Kier molecular flexibility index (Phi) is 4.58. The Balaban J connectivity index is 2.12. The molecule has 1 aromatic carbocycles. The summed E-state index contributed by atoms with van der Waals surface area (Å²) < 4.78 is 10.6. The van der Waals surface area contributed by atoms with Crippen LogP contribution >= 0.6 is 0 Å². The zero-order chi connectivity index (χ0) is 14.5. The number of amides is 1. The molecule has 0 spiro atoms. The Hall–Kier alpha value is -2.07. The zero-order valence-electron chi connectivity index (χ0n) is 12.0. The summed E-state index contributed by atoms with van der Waals surface area (Å²) in [7, 11) is 1.61. The van der Waals surface area contributed by atoms with Crippen molar-refractivity contribution in [2.24, 2.45) is 0 Å². The number of carbonyl (C=O) groups is 1. The van der Waals surface area contributed by atoms with E-state index in [-0.39, 0.29) is 11.9 Å². The lowest BCUT2D eigenvalue weighted by Crippen LogP contribution is -2.27. The molecule has 2 rings (SSSR count). The van der Waals surface area contributed by atoms with E-state index in [0.29, 0.717) is 12.2 Å². The Morgan fingerprint density at radius 3 is 2.70 bits per heavy atom. The number of nitrogens with one attached hydrogen (secondary N) is 1. The second-order valence-corrected chi connectivity index (χ2v) is 4.73. The fourth-order valence-electron chi connectivity index (χ4n) is 2.05. The average molecular weight is 273 g/mol. The highest BCUT2D eigenvalue weighted by atomic mass is 16.5. The van der Waals surface area contributed by atoms with Gasteiger partial charge in [0, 0.05) is 12.7 Å². The van der Waals surface area contributed by atoms with Crippen LogP contribution in [0.3, 0.4) is 0 Å². The van der Waals surface area contributed by atoms with Gasteiger partial charge in [-0.1, -0.05) is 18.2 Å². The number of methoxy groups -OCH3 is 1. The molecule has 1 atom stereocenters. The number of hydrogen-bond acceptors (Lipinski definition) is 3. The molecule has 106 valence electrons. The Morgan fingerprint density at radius 2 is 2.05 bits per heavy atom. The van der Waals surface area contributed by atoms with Crippen LogP contribution in [-0.4, -0.2) is 13.0 Å². The summed E-state index contributed by atoms with van der Waals surface area (Å²) in [5.41, 5.74) is 1.50. The van der Waals surface area contributed by atoms with Crippen molar-refractivity contribution in [3.8, 4) is 0 Å². The summed E-state index contributed by atoms with van der Waals surface area (Å²) >= 11 is 0. The van der Waals surface area contributed by atoms with Crippen molar-refractivity contribution in [1.29, 1.82) is 0 Å². The molecule has 4 heteroatoms. The standard InChI is InChI=1S/C16H19NO3/c1-11-8-9-15(20-11)12(2)17-16(18)14-7-5-4-6-13(14)10-19-3/h4-9,12H,10H2,1-3H3,(H,17,18)/t12-/m0/s1. The average Bonchev–Trinajstić information content (AvgIpc) is 2.86. The van der Waals surface area contributed by atoms with Crippen molar-refractivity contribution in [1.82, 2.24) is 5.32 Å². The van der Waals surface area contributed by atoms with E-state index in [1.54, 1.807) is 13.2 Å². The Morgan fingerprint density at radius 1 is 1.30 bits per heavy atom. The molecular formula is C16H19NO3. The summed E-state index contributed by atoms with van der Waals surface area (Å²) in [5.74, 6) is 1.46. The summed E-state index contributed by atoms with van der Waals surface area (Å²) in [6, 6.07) is 11.0. The number of furan rings is 1. The molecule has 0 saturated carbocycles. The maximum Gasteiger partial charge on any atom is 0.252 e. The van der Waals surface area contributed by atoms with Gasteiger partial charge in [0.15, 0.2) is 0 Å². The van der Waals surface area contributed by atoms with Crippen molar-refractivity contribution in [3.63, 3.8) is 0 Å². The van der Waals surface area contributed by atoms with Crippen LogP contribution in [-0.2, 0) is 11.3 Å². The lowest BCUT2D eigenvalue weighted by atomic mass is 10.1. The molecule has 0 bridgehead atoms. The van der Waals surface area contributed by atoms with Crippen LogP contribution in [0.15, 0.2) is 40.8 Å². The summed E-state index contributed by atoms with van der Waals surface area (Å²) in [6.45, 7) is 4.19. The summed E-state index contributed by atoms with van der Waals surface area (Å²) in [4.78, 5) is 12.3. The monoisotopic (exact) mass is 273 g/mol. The van der Waals surface area contributed by atoms with E-state index in [4.69, 9.17) is 9.15 Å². The maximum absolute atomic E-state index is 12.3. The van der Waals surface area contributed by atoms with Crippen LogP contribution in [0.5, 0.6) is 0 Å². The first-order chi connectivity index (χ1) is 9.61. The van der Waals surface area contributed by atoms with Crippen LogP contribution in [0.2, 0.25) is 0 Å². The molecule has 0 fully saturated rings. The molecule has 1 amide bonds. The first-order valence-corrected chi connectivity index (χ1v) is 6.56. The van der Waals surface area contributed by atoms with Crippen LogP contribution in [0, 0.1) is 6.92 Å². The Bertz CT molecular complexity index is 589. The number of aryl methyl sites for hydroxylation is 1. The highest BCUT2D eigenvalue weighted by Crippen LogP contribution is 2.17. The normalized spacial score (nSPS) is 12.2. The van der Waals surface area contributed by atoms with Gasteiger partial charge in [-0.25, -0.2) is 0 Å². The second-order valence-electron chi connectivity index (χ2n) is 4.73. The van der Waals surface area contributed by atoms with Crippen LogP contribution < -0.4 is 5.32 Å². The highest BCUT2D eigenvalue weighted by molar-refractivity contribution is 5.95. The number of benzene rings is 1. The van der Waals surface area contributed by atoms with Crippen LogP contribution in [0.4, 0.5) is 0 Å². The van der Waals surface area contributed by atoms with E-state index >= 15 is 0 Å². The minimum Gasteiger partial charge on any atom is -0.464 e. The second kappa shape index (κ2) is 6.39. The van der Waals surface area contributed by atoms with Crippen LogP contribution in [0.1, 0.15) is 40.4 Å². The van der Waals surface area contributed by atoms with E-state index in [1.807, 2.05) is 44.2 Å². The first kappa shape index (κ1) is 14.3. The summed E-state index contributed by atoms with van der Waals surface area (Å²) in [6.07, 6.45) is 0. The molecule has 4 nitrogen and oxygen atoms in total. The fourth-order valence-corrected chi connectivity index (χ4v) is 2.05. The molecule has 0 aliphatic carbocycles. The van der Waals surface area contributed by atoms with Gasteiger partial charge < -0.3 is 14.5 Å². The minimum atomic E-state index is -0.174. The van der Waals surface area contributed by atoms with Gasteiger partial charge in [-0.2, -0.15) is 0 Å². The van der Waals surface area contributed by atoms with Gasteiger partial charge in [0.05, 0.1) is 12.6 Å². The molecule has 0 unspecified atom stereocenters. The molecule has 1 N–H and O–H groups in total. The quantitative estimate of drug-likeness (QED) is 0.910. The number of hydrogen-bond donors (Lipinski definition) is 1. The van der Waals surface area contributed by atoms with Gasteiger partial charge in [-0.15, -0.1) is 0 Å². The van der Waals surface area contributed by atoms with Gasteiger partial charge in [-0.3, -0.25) is 4.79 Å². The largest absolute Gasteiger partial charge is 0.464 e. The van der Waals surface area contributed by atoms with Crippen molar-refractivity contribution in [3.05, 3.63) is 59.0 Å². The van der Waals surface area contributed by atoms with E-state index in [2.05, 4.69) is 5.32 Å². The van der Waals surface area contributed by atoms with Gasteiger partial charge in [-0.05, 0) is 37.6 Å². The minimum absolute atomic E-state index is 0.126. The van der Waals surface area contributed by atoms with Crippen molar-refractivity contribution >= 4 is 5.91 Å². The van der Waals surface area contributed by atoms with Crippen molar-refractivity contribution < 1.29 is 13.9 Å². The number of ether oxygens (including phenoxy) is 1. The predicted octanol–water partition coefficient (Wildman–Crippen LogP) is 3.23. The third-order valence-corrected chi connectivity index (χ3v) is 3.10. The van der Waals surface area contributed by atoms with Gasteiger partial charge in [0.2, 0.25) is 0 Å². The molecule has 0 aliphatic rings. The molecule has 0 saturated heterocycles. The van der Waals surface area contributed by atoms with E-state index < -0.39 is 0 Å². The lowest BCUT2D eigenvalue weighted by Gasteiger charge is -2.13. The molecule has 20 heavy (non-hydrogen) atoms. The Labute approximate surface area is 118 Å². The van der Waals surface area contributed by atoms with Gasteiger partial charge >= 0.3 is 0 Å². The summed E-state index contributed by atoms with van der Waals surface area (Å²) in [5, 5.41) is 2.94. The lowest BCUT2D eigenvalue weighted by molar-refractivity contribution is 0.0930. The van der Waals surface area contributed by atoms with Gasteiger partial charge in [0.1, 0.15) is 11.5 Å². The van der Waals surface area contributed by atoms with E-state index in [0.717, 1.165) is 17.1 Å². The molecule has 0 radical (unpaired) electrons. The molecular weight excluding hydrogens is 254 g/mol. The maximum atomic E-state index is 12.3. The molecule has 1 aromatic heterocycles. The zero-order valence-corrected chi connectivity index (χ0v) is 12.0. The predicted molar refractivity (Wildman–Crippen MR) is 76.5 cm³/mol. The first-order valence-electron chi connectivity index (χ1n) is 6.56. The third-order valence-electron chi connectivity index (χ3n) is 3.10. The fraction of sp³-hybridized carbons (Fsp3) is 0.312. The number of carbonyl (C=O) groups excluding carboxylic acids is 1. The van der Waals surface area contributed by atoms with E-state index in [1.165, 1.54) is 0 Å². The smallest absolute Gasteiger partial charge is 0.252 e. The number of rotatable bonds is 5. The third kappa shape index (κ3) is 3.27. The van der Waals surface area contributed by atoms with Crippen molar-refractivity contribution in [2.75, 3.05) is 7.11 Å². The van der Waals surface area contributed by atoms with Crippen LogP contribution in [0.25, 0.3) is 0 Å². The topological polar surface area (TPSA) is 51.5 Å². The van der Waals surface area contributed by atoms with Gasteiger partial charge in [0.25, 0.3) is 5.91 Å².